The maximum absolute atomic E-state index is 13.2. The molecule has 1 saturated carbocycles. The molecule has 0 heterocycles. The number of hydrogen-bond donors (Lipinski definition) is 2. The number of nitrogens with one attached hydrogen (secondary N) is 2. The summed E-state index contributed by atoms with van der Waals surface area (Å²) in [6.45, 7) is 1.93. The van der Waals surface area contributed by atoms with E-state index in [9.17, 15) is 9.18 Å². The van der Waals surface area contributed by atoms with Crippen LogP contribution in [0.5, 0.6) is 0 Å². The molecule has 1 amide bonds. The van der Waals surface area contributed by atoms with E-state index in [2.05, 4.69) is 10.6 Å². The van der Waals surface area contributed by atoms with E-state index in [0.29, 0.717) is 15.6 Å². The number of halogens is 3. The number of amides is 1. The molecule has 0 saturated heterocycles. The van der Waals surface area contributed by atoms with Crippen LogP contribution >= 0.6 is 23.2 Å². The molecule has 0 aliphatic heterocycles. The topological polar surface area (TPSA) is 41.1 Å². The first-order chi connectivity index (χ1) is 11.9. The Hall–Kier alpha value is -1.62. The first-order valence-corrected chi connectivity index (χ1v) is 8.96. The molecular formula is C19H19Cl2FN2O. The minimum atomic E-state index is -0.594. The molecule has 0 spiro atoms. The van der Waals surface area contributed by atoms with E-state index in [-0.39, 0.29) is 23.8 Å². The molecule has 25 heavy (non-hydrogen) atoms. The molecule has 2 aromatic rings. The summed E-state index contributed by atoms with van der Waals surface area (Å²) in [5.74, 6) is -0.454. The van der Waals surface area contributed by atoms with Gasteiger partial charge in [0, 0.05) is 22.1 Å². The molecular weight excluding hydrogens is 362 g/mol. The smallest absolute Gasteiger partial charge is 0.241 e. The van der Waals surface area contributed by atoms with E-state index >= 15 is 0 Å². The van der Waals surface area contributed by atoms with Crippen LogP contribution in [0.3, 0.4) is 0 Å². The molecule has 2 unspecified atom stereocenters. The van der Waals surface area contributed by atoms with Crippen molar-refractivity contribution in [2.75, 3.05) is 0 Å². The number of carbonyl (C=O) groups excluding carboxylic acids is 1. The Bertz CT molecular complexity index is 763. The van der Waals surface area contributed by atoms with Crippen LogP contribution in [0.15, 0.2) is 42.5 Å². The van der Waals surface area contributed by atoms with Crippen LogP contribution in [0.1, 0.15) is 43.0 Å². The van der Waals surface area contributed by atoms with Gasteiger partial charge in [-0.3, -0.25) is 10.1 Å². The fourth-order valence-electron chi connectivity index (χ4n) is 2.68. The molecule has 1 aliphatic rings. The molecule has 3 rings (SSSR count). The van der Waals surface area contributed by atoms with Gasteiger partial charge in [0.1, 0.15) is 11.9 Å². The molecule has 0 aromatic heterocycles. The minimum absolute atomic E-state index is 0.119. The van der Waals surface area contributed by atoms with Gasteiger partial charge in [-0.1, -0.05) is 41.4 Å². The van der Waals surface area contributed by atoms with Crippen LogP contribution in [-0.4, -0.2) is 11.9 Å². The van der Waals surface area contributed by atoms with Crippen molar-refractivity contribution < 1.29 is 9.18 Å². The van der Waals surface area contributed by atoms with Crippen LogP contribution in [0.25, 0.3) is 0 Å². The Balaban J connectivity index is 1.82. The third-order valence-electron chi connectivity index (χ3n) is 4.23. The number of benzene rings is 2. The fraction of sp³-hybridized carbons (Fsp3) is 0.316. The molecule has 3 nitrogen and oxygen atoms in total. The van der Waals surface area contributed by atoms with Crippen molar-refractivity contribution in [3.8, 4) is 0 Å². The molecule has 6 heteroatoms. The first kappa shape index (κ1) is 18.2. The van der Waals surface area contributed by atoms with Crippen LogP contribution in [0.2, 0.25) is 10.0 Å². The largest absolute Gasteiger partial charge is 0.352 e. The van der Waals surface area contributed by atoms with Crippen molar-refractivity contribution in [3.05, 3.63) is 69.5 Å². The van der Waals surface area contributed by atoms with E-state index in [0.717, 1.165) is 18.4 Å². The molecule has 2 aromatic carbocycles. The molecule has 132 valence electrons. The van der Waals surface area contributed by atoms with Crippen molar-refractivity contribution >= 4 is 29.1 Å². The standard InChI is InChI=1S/C19H19Cl2FN2O/c1-11(16-9-4-13(20)10-17(16)21)23-18(19(25)24-15-7-8-15)12-2-5-14(22)6-3-12/h2-6,9-11,15,18,23H,7-8H2,1H3,(H,24,25). The van der Waals surface area contributed by atoms with Gasteiger partial charge in [0.2, 0.25) is 5.91 Å². The van der Waals surface area contributed by atoms with Crippen LogP contribution in [0, 0.1) is 5.82 Å². The summed E-state index contributed by atoms with van der Waals surface area (Å²) in [4.78, 5) is 12.7. The van der Waals surface area contributed by atoms with Gasteiger partial charge in [-0.25, -0.2) is 4.39 Å². The van der Waals surface area contributed by atoms with Crippen molar-refractivity contribution in [1.82, 2.24) is 10.6 Å². The summed E-state index contributed by atoms with van der Waals surface area (Å²) in [6.07, 6.45) is 2.00. The highest BCUT2D eigenvalue weighted by atomic mass is 35.5. The molecule has 2 atom stereocenters. The van der Waals surface area contributed by atoms with Gasteiger partial charge in [-0.15, -0.1) is 0 Å². The lowest BCUT2D eigenvalue weighted by molar-refractivity contribution is -0.123. The second kappa shape index (κ2) is 7.73. The zero-order chi connectivity index (χ0) is 18.0. The molecule has 1 fully saturated rings. The molecule has 0 bridgehead atoms. The average molecular weight is 381 g/mol. The number of rotatable bonds is 6. The lowest BCUT2D eigenvalue weighted by atomic mass is 10.0. The SMILES string of the molecule is CC(NC(C(=O)NC1CC1)c1ccc(F)cc1)c1ccc(Cl)cc1Cl. The number of carbonyl (C=O) groups is 1. The van der Waals surface area contributed by atoms with Crippen molar-refractivity contribution in [2.45, 2.75) is 37.9 Å². The fourth-order valence-corrected chi connectivity index (χ4v) is 3.26. The van der Waals surface area contributed by atoms with Gasteiger partial charge in [0.05, 0.1) is 0 Å². The second-order valence-corrected chi connectivity index (χ2v) is 7.17. The Morgan fingerprint density at radius 3 is 2.44 bits per heavy atom. The zero-order valence-corrected chi connectivity index (χ0v) is 15.2. The summed E-state index contributed by atoms with van der Waals surface area (Å²) in [7, 11) is 0. The van der Waals surface area contributed by atoms with Crippen molar-refractivity contribution in [2.24, 2.45) is 0 Å². The zero-order valence-electron chi connectivity index (χ0n) is 13.7. The Kier molecular flexibility index (Phi) is 5.62. The van der Waals surface area contributed by atoms with Gasteiger partial charge < -0.3 is 5.32 Å². The quantitative estimate of drug-likeness (QED) is 0.755. The monoisotopic (exact) mass is 380 g/mol. The van der Waals surface area contributed by atoms with Gasteiger partial charge in [0.25, 0.3) is 0 Å². The highest BCUT2D eigenvalue weighted by Crippen LogP contribution is 2.29. The first-order valence-electron chi connectivity index (χ1n) is 8.21. The maximum Gasteiger partial charge on any atom is 0.241 e. The highest BCUT2D eigenvalue weighted by Gasteiger charge is 2.29. The van der Waals surface area contributed by atoms with E-state index in [1.54, 1.807) is 24.3 Å². The van der Waals surface area contributed by atoms with E-state index < -0.39 is 6.04 Å². The highest BCUT2D eigenvalue weighted by molar-refractivity contribution is 6.35. The van der Waals surface area contributed by atoms with Crippen molar-refractivity contribution in [3.63, 3.8) is 0 Å². The maximum atomic E-state index is 13.2. The predicted molar refractivity (Wildman–Crippen MR) is 98.3 cm³/mol. The van der Waals surface area contributed by atoms with Crippen LogP contribution in [0.4, 0.5) is 4.39 Å². The van der Waals surface area contributed by atoms with Gasteiger partial charge >= 0.3 is 0 Å². The lowest BCUT2D eigenvalue weighted by Gasteiger charge is -2.24. The summed E-state index contributed by atoms with van der Waals surface area (Å²) in [5, 5.41) is 7.39. The van der Waals surface area contributed by atoms with Crippen molar-refractivity contribution in [1.29, 1.82) is 0 Å². The Morgan fingerprint density at radius 2 is 1.84 bits per heavy atom. The molecule has 0 radical (unpaired) electrons. The normalized spacial score (nSPS) is 16.3. The van der Waals surface area contributed by atoms with Crippen LogP contribution < -0.4 is 10.6 Å². The van der Waals surface area contributed by atoms with Gasteiger partial charge in [0.15, 0.2) is 0 Å². The average Bonchev–Trinajstić information content (AvgIpc) is 3.37. The predicted octanol–water partition coefficient (Wildman–Crippen LogP) is 4.80. The minimum Gasteiger partial charge on any atom is -0.352 e. The van der Waals surface area contributed by atoms with E-state index in [1.165, 1.54) is 12.1 Å². The summed E-state index contributed by atoms with van der Waals surface area (Å²) in [6, 6.07) is 10.7. The molecule has 1 aliphatic carbocycles. The Labute approximate surface area is 156 Å². The molecule has 2 N–H and O–H groups in total. The third kappa shape index (κ3) is 4.72. The van der Waals surface area contributed by atoms with Crippen LogP contribution in [-0.2, 0) is 4.79 Å². The summed E-state index contributed by atoms with van der Waals surface area (Å²) < 4.78 is 13.2. The van der Waals surface area contributed by atoms with Gasteiger partial charge in [-0.05, 0) is 55.2 Å². The number of hydrogen-bond acceptors (Lipinski definition) is 2. The summed E-state index contributed by atoms with van der Waals surface area (Å²) >= 11 is 12.2. The third-order valence-corrected chi connectivity index (χ3v) is 4.80. The lowest BCUT2D eigenvalue weighted by Crippen LogP contribution is -2.39. The second-order valence-electron chi connectivity index (χ2n) is 6.32. The van der Waals surface area contributed by atoms with E-state index in [1.807, 2.05) is 13.0 Å². The summed E-state index contributed by atoms with van der Waals surface area (Å²) in [5.41, 5.74) is 1.55. The van der Waals surface area contributed by atoms with E-state index in [4.69, 9.17) is 23.2 Å². The van der Waals surface area contributed by atoms with Gasteiger partial charge in [-0.2, -0.15) is 0 Å². The Morgan fingerprint density at radius 1 is 1.16 bits per heavy atom.